The summed E-state index contributed by atoms with van der Waals surface area (Å²) in [5.74, 6) is -1.61. The maximum absolute atomic E-state index is 13.8. The summed E-state index contributed by atoms with van der Waals surface area (Å²) in [4.78, 5) is 47.4. The molecule has 1 aromatic heterocycles. The molecule has 36 heavy (non-hydrogen) atoms. The van der Waals surface area contributed by atoms with Gasteiger partial charge in [0.1, 0.15) is 24.8 Å². The van der Waals surface area contributed by atoms with Crippen LogP contribution in [0.15, 0.2) is 42.7 Å². The lowest BCUT2D eigenvalue weighted by Crippen LogP contribution is -3.14. The summed E-state index contributed by atoms with van der Waals surface area (Å²) in [5.41, 5.74) is 1.86. The largest absolute Gasteiger partial charge is 0.493 e. The molecule has 8 heteroatoms. The van der Waals surface area contributed by atoms with Crippen LogP contribution in [0.1, 0.15) is 47.8 Å². The number of morpholine rings is 1. The molecule has 192 valence electrons. The number of pyridine rings is 1. The Kier molecular flexibility index (Phi) is 8.48. The number of likely N-dealkylation sites (tertiary alicyclic amines) is 1. The van der Waals surface area contributed by atoms with Gasteiger partial charge in [-0.1, -0.05) is 19.9 Å². The molecule has 1 N–H and O–H groups in total. The molecule has 0 saturated carbocycles. The monoisotopic (exact) mass is 494 g/mol. The fourth-order valence-electron chi connectivity index (χ4n) is 4.99. The van der Waals surface area contributed by atoms with Crippen molar-refractivity contribution in [2.24, 2.45) is 11.8 Å². The molecule has 0 spiro atoms. The Labute approximate surface area is 212 Å². The van der Waals surface area contributed by atoms with Crippen molar-refractivity contribution in [3.05, 3.63) is 59.4 Å². The normalized spacial score (nSPS) is 20.8. The van der Waals surface area contributed by atoms with Crippen LogP contribution in [0, 0.1) is 18.8 Å². The number of hydrogen-bond donors (Lipinski definition) is 1. The van der Waals surface area contributed by atoms with E-state index in [-0.39, 0.29) is 5.78 Å². The average Bonchev–Trinajstić information content (AvgIpc) is 3.13. The van der Waals surface area contributed by atoms with Gasteiger partial charge in [-0.2, -0.15) is 0 Å². The molecule has 0 aliphatic carbocycles. The van der Waals surface area contributed by atoms with Crippen LogP contribution in [0.25, 0.3) is 0 Å². The van der Waals surface area contributed by atoms with E-state index in [1.165, 1.54) is 4.90 Å². The van der Waals surface area contributed by atoms with Crippen molar-refractivity contribution in [2.45, 2.75) is 33.2 Å². The second kappa shape index (κ2) is 11.8. The zero-order valence-electron chi connectivity index (χ0n) is 21.4. The molecule has 2 aromatic rings. The number of nitrogens with one attached hydrogen (secondary N) is 1. The number of ether oxygens (including phenoxy) is 2. The van der Waals surface area contributed by atoms with Crippen LogP contribution in [-0.2, 0) is 14.3 Å². The van der Waals surface area contributed by atoms with E-state index in [1.54, 1.807) is 35.5 Å². The van der Waals surface area contributed by atoms with E-state index < -0.39 is 23.7 Å². The van der Waals surface area contributed by atoms with E-state index in [2.05, 4.69) is 18.8 Å². The number of carbonyl (C=O) groups is 3. The van der Waals surface area contributed by atoms with Gasteiger partial charge in [-0.3, -0.25) is 19.4 Å². The predicted octanol–water partition coefficient (Wildman–Crippen LogP) is 1.68. The van der Waals surface area contributed by atoms with Gasteiger partial charge in [0.15, 0.2) is 5.78 Å². The molecule has 0 radical (unpaired) electrons. The minimum Gasteiger partial charge on any atom is -0.493 e. The first-order chi connectivity index (χ1) is 17.4. The molecule has 2 aliphatic rings. The van der Waals surface area contributed by atoms with Gasteiger partial charge in [0.05, 0.1) is 32.4 Å². The third-order valence-corrected chi connectivity index (χ3v) is 6.89. The number of benzene rings is 1. The highest BCUT2D eigenvalue weighted by atomic mass is 16.5. The highest BCUT2D eigenvalue weighted by Gasteiger charge is 2.51. The van der Waals surface area contributed by atoms with Crippen molar-refractivity contribution < 1.29 is 28.8 Å². The van der Waals surface area contributed by atoms with E-state index in [4.69, 9.17) is 9.47 Å². The Morgan fingerprint density at radius 1 is 1.22 bits per heavy atom. The van der Waals surface area contributed by atoms with Gasteiger partial charge in [0.25, 0.3) is 5.91 Å². The average molecular weight is 495 g/mol. The zero-order chi connectivity index (χ0) is 25.7. The molecule has 3 heterocycles. The summed E-state index contributed by atoms with van der Waals surface area (Å²) in [7, 11) is 0. The number of aromatic nitrogens is 1. The number of Topliss-reactive ketones (excluding diaryl/α,β-unsaturated/α-hetero) is 2. The van der Waals surface area contributed by atoms with Gasteiger partial charge in [0, 0.05) is 30.9 Å². The van der Waals surface area contributed by atoms with E-state index in [1.807, 2.05) is 19.1 Å². The molecule has 2 atom stereocenters. The number of carbonyl (C=O) groups excluding carboxylic acids is 3. The summed E-state index contributed by atoms with van der Waals surface area (Å²) in [5, 5.41) is 0. The summed E-state index contributed by atoms with van der Waals surface area (Å²) in [6, 6.07) is 8.22. The lowest BCUT2D eigenvalue weighted by Gasteiger charge is -2.28. The minimum absolute atomic E-state index is 0.337. The second-order valence-corrected chi connectivity index (χ2v) is 10.1. The van der Waals surface area contributed by atoms with E-state index in [0.717, 1.165) is 44.8 Å². The summed E-state index contributed by atoms with van der Waals surface area (Å²) < 4.78 is 11.2. The molecule has 1 amide bonds. The minimum atomic E-state index is -1.10. The second-order valence-electron chi connectivity index (χ2n) is 10.1. The maximum Gasteiger partial charge on any atom is 0.291 e. The van der Waals surface area contributed by atoms with Crippen LogP contribution in [0.4, 0.5) is 0 Å². The maximum atomic E-state index is 13.8. The van der Waals surface area contributed by atoms with Crippen molar-refractivity contribution in [1.82, 2.24) is 9.88 Å². The Balaban J connectivity index is 1.57. The SMILES string of the molecule is Cc1cc(OCC(C)C)ccc1C(=O)C1C(=O)C(=O)N(CCC[NH+]2CCOCC2)C1c1cccnc1. The Hall–Kier alpha value is -3.10. The van der Waals surface area contributed by atoms with Gasteiger partial charge in [0.2, 0.25) is 5.78 Å². The third kappa shape index (κ3) is 5.82. The number of nitrogens with zero attached hydrogens (tertiary/aromatic N) is 2. The van der Waals surface area contributed by atoms with E-state index in [9.17, 15) is 14.4 Å². The van der Waals surface area contributed by atoms with Crippen molar-refractivity contribution in [1.29, 1.82) is 0 Å². The van der Waals surface area contributed by atoms with Gasteiger partial charge in [-0.05, 0) is 48.2 Å². The summed E-state index contributed by atoms with van der Waals surface area (Å²) >= 11 is 0. The number of ketones is 2. The fraction of sp³-hybridized carbons (Fsp3) is 0.500. The van der Waals surface area contributed by atoms with E-state index >= 15 is 0 Å². The smallest absolute Gasteiger partial charge is 0.291 e. The van der Waals surface area contributed by atoms with Crippen LogP contribution < -0.4 is 9.64 Å². The molecule has 2 fully saturated rings. The number of aryl methyl sites for hydroxylation is 1. The Morgan fingerprint density at radius 3 is 2.67 bits per heavy atom. The highest BCUT2D eigenvalue weighted by Crippen LogP contribution is 2.38. The molecular weight excluding hydrogens is 458 g/mol. The standard InChI is InChI=1S/C28H35N3O5/c1-19(2)18-36-22-7-8-23(20(3)16-22)26(32)24-25(21-6-4-9-29-17-21)31(28(34)27(24)33)11-5-10-30-12-14-35-15-13-30/h4,6-9,16-17,19,24-25H,5,10-15,18H2,1-3H3/p+1. The van der Waals surface area contributed by atoms with Crippen molar-refractivity contribution in [3.63, 3.8) is 0 Å². The first kappa shape index (κ1) is 26.0. The van der Waals surface area contributed by atoms with Gasteiger partial charge >= 0.3 is 0 Å². The van der Waals surface area contributed by atoms with Crippen LogP contribution in [0.5, 0.6) is 5.75 Å². The lowest BCUT2D eigenvalue weighted by atomic mass is 9.85. The first-order valence-electron chi connectivity index (χ1n) is 12.8. The summed E-state index contributed by atoms with van der Waals surface area (Å²) in [6.45, 7) is 11.2. The molecule has 1 aromatic carbocycles. The molecule has 2 aliphatic heterocycles. The van der Waals surface area contributed by atoms with Crippen LogP contribution in [0.3, 0.4) is 0 Å². The van der Waals surface area contributed by atoms with Gasteiger partial charge in [-0.15, -0.1) is 0 Å². The quantitative estimate of drug-likeness (QED) is 0.307. The fourth-order valence-corrected chi connectivity index (χ4v) is 4.99. The third-order valence-electron chi connectivity index (χ3n) is 6.89. The Morgan fingerprint density at radius 2 is 2.00 bits per heavy atom. The van der Waals surface area contributed by atoms with Crippen molar-refractivity contribution in [3.8, 4) is 5.75 Å². The summed E-state index contributed by atoms with van der Waals surface area (Å²) in [6.07, 6.45) is 4.03. The van der Waals surface area contributed by atoms with Gasteiger partial charge in [-0.25, -0.2) is 0 Å². The van der Waals surface area contributed by atoms with Crippen LogP contribution in [0.2, 0.25) is 0 Å². The van der Waals surface area contributed by atoms with Crippen molar-refractivity contribution >= 4 is 17.5 Å². The molecule has 2 saturated heterocycles. The molecule has 2 unspecified atom stereocenters. The predicted molar refractivity (Wildman–Crippen MR) is 134 cm³/mol. The molecule has 8 nitrogen and oxygen atoms in total. The number of quaternary nitrogens is 1. The van der Waals surface area contributed by atoms with Crippen LogP contribution in [-0.4, -0.2) is 73.4 Å². The number of hydrogen-bond acceptors (Lipinski definition) is 6. The van der Waals surface area contributed by atoms with Crippen LogP contribution >= 0.6 is 0 Å². The number of rotatable bonds is 10. The molecule has 0 bridgehead atoms. The van der Waals surface area contributed by atoms with Gasteiger partial charge < -0.3 is 19.3 Å². The molecular formula is C28H36N3O5+. The topological polar surface area (TPSA) is 90.2 Å². The molecule has 4 rings (SSSR count). The Bertz CT molecular complexity index is 1080. The van der Waals surface area contributed by atoms with E-state index in [0.29, 0.717) is 35.9 Å². The lowest BCUT2D eigenvalue weighted by molar-refractivity contribution is -0.908. The highest BCUT2D eigenvalue weighted by molar-refractivity contribution is 6.44. The first-order valence-corrected chi connectivity index (χ1v) is 12.8. The zero-order valence-corrected chi connectivity index (χ0v) is 21.4. The number of amides is 1. The van der Waals surface area contributed by atoms with Crippen molar-refractivity contribution in [2.75, 3.05) is 46.0 Å².